The summed E-state index contributed by atoms with van der Waals surface area (Å²) in [6, 6.07) is 17.8. The molecule has 0 spiro atoms. The average molecular weight is 326 g/mol. The third-order valence-electron chi connectivity index (χ3n) is 3.70. The van der Waals surface area contributed by atoms with E-state index in [-0.39, 0.29) is 5.78 Å². The molecule has 0 N–H and O–H groups in total. The highest BCUT2D eigenvalue weighted by Gasteiger charge is 2.29. The normalized spacial score (nSPS) is 12.0. The van der Waals surface area contributed by atoms with Crippen LogP contribution < -0.4 is 0 Å². The zero-order chi connectivity index (χ0) is 17.2. The number of fused-ring (bicyclic) bond motifs is 1. The summed E-state index contributed by atoms with van der Waals surface area (Å²) >= 11 is 0. The van der Waals surface area contributed by atoms with Gasteiger partial charge in [0, 0.05) is 5.56 Å². The molecule has 3 aromatic carbocycles. The number of carbonyl (C=O) groups is 1. The van der Waals surface area contributed by atoms with Gasteiger partial charge in [-0.1, -0.05) is 54.6 Å². The van der Waals surface area contributed by atoms with Gasteiger partial charge >= 0.3 is 6.18 Å². The van der Waals surface area contributed by atoms with Crippen LogP contribution in [0.3, 0.4) is 0 Å². The van der Waals surface area contributed by atoms with E-state index in [2.05, 4.69) is 0 Å². The van der Waals surface area contributed by atoms with Crippen molar-refractivity contribution in [2.45, 2.75) is 6.18 Å². The van der Waals surface area contributed by atoms with Crippen LogP contribution in [0.1, 0.15) is 21.5 Å². The van der Waals surface area contributed by atoms with Gasteiger partial charge in [0.15, 0.2) is 5.78 Å². The van der Waals surface area contributed by atoms with Gasteiger partial charge in [-0.2, -0.15) is 13.2 Å². The second-order valence-electron chi connectivity index (χ2n) is 5.38. The Morgan fingerprint density at radius 1 is 0.833 bits per heavy atom. The van der Waals surface area contributed by atoms with Gasteiger partial charge in [-0.25, -0.2) is 0 Å². The monoisotopic (exact) mass is 326 g/mol. The molecule has 24 heavy (non-hydrogen) atoms. The Morgan fingerprint density at radius 3 is 2.17 bits per heavy atom. The number of alkyl halides is 3. The summed E-state index contributed by atoms with van der Waals surface area (Å²) in [6.45, 7) is 0. The average Bonchev–Trinajstić information content (AvgIpc) is 2.59. The highest BCUT2D eigenvalue weighted by molar-refractivity contribution is 6.08. The zero-order valence-electron chi connectivity index (χ0n) is 12.5. The van der Waals surface area contributed by atoms with Crippen LogP contribution >= 0.6 is 0 Å². The van der Waals surface area contributed by atoms with Crippen molar-refractivity contribution in [3.8, 4) is 0 Å². The molecule has 0 bridgehead atoms. The maximum atomic E-state index is 12.5. The van der Waals surface area contributed by atoms with Crippen LogP contribution in [0.2, 0.25) is 0 Å². The van der Waals surface area contributed by atoms with Crippen molar-refractivity contribution in [2.75, 3.05) is 0 Å². The first kappa shape index (κ1) is 16.0. The molecular weight excluding hydrogens is 313 g/mol. The molecule has 0 fully saturated rings. The van der Waals surface area contributed by atoms with Gasteiger partial charge in [0.25, 0.3) is 0 Å². The van der Waals surface area contributed by atoms with Crippen molar-refractivity contribution >= 4 is 22.6 Å². The molecule has 0 heterocycles. The highest BCUT2D eigenvalue weighted by atomic mass is 19.4. The van der Waals surface area contributed by atoms with E-state index in [4.69, 9.17) is 0 Å². The van der Waals surface area contributed by atoms with Crippen LogP contribution in [0.25, 0.3) is 16.8 Å². The molecule has 3 aromatic rings. The lowest BCUT2D eigenvalue weighted by Crippen LogP contribution is -2.04. The molecule has 0 saturated heterocycles. The maximum absolute atomic E-state index is 12.5. The minimum absolute atomic E-state index is 0.194. The van der Waals surface area contributed by atoms with Crippen LogP contribution in [-0.4, -0.2) is 5.78 Å². The Balaban J connectivity index is 1.79. The highest BCUT2D eigenvalue weighted by Crippen LogP contribution is 2.29. The predicted octanol–water partition coefficient (Wildman–Crippen LogP) is 5.75. The van der Waals surface area contributed by atoms with Gasteiger partial charge in [0.1, 0.15) is 0 Å². The molecule has 0 unspecified atom stereocenters. The molecule has 0 aliphatic carbocycles. The summed E-state index contributed by atoms with van der Waals surface area (Å²) in [7, 11) is 0. The number of hydrogen-bond donors (Lipinski definition) is 0. The van der Waals surface area contributed by atoms with Crippen LogP contribution in [0, 0.1) is 0 Å². The van der Waals surface area contributed by atoms with Gasteiger partial charge in [-0.15, -0.1) is 0 Å². The van der Waals surface area contributed by atoms with Crippen LogP contribution in [0.5, 0.6) is 0 Å². The first-order valence-electron chi connectivity index (χ1n) is 7.32. The molecule has 0 saturated carbocycles. The first-order chi connectivity index (χ1) is 11.4. The fourth-order valence-electron chi connectivity index (χ4n) is 2.39. The topological polar surface area (TPSA) is 17.1 Å². The Bertz CT molecular complexity index is 906. The van der Waals surface area contributed by atoms with E-state index in [1.807, 2.05) is 30.3 Å². The summed E-state index contributed by atoms with van der Waals surface area (Å²) in [6.07, 6.45) is -1.48. The molecule has 0 amide bonds. The molecule has 0 aromatic heterocycles. The van der Waals surface area contributed by atoms with Crippen molar-refractivity contribution in [3.05, 3.63) is 89.5 Å². The van der Waals surface area contributed by atoms with Gasteiger partial charge in [0.2, 0.25) is 0 Å². The summed E-state index contributed by atoms with van der Waals surface area (Å²) in [5.74, 6) is -0.194. The molecule has 4 heteroatoms. The van der Waals surface area contributed by atoms with Crippen LogP contribution in [-0.2, 0) is 6.18 Å². The molecule has 0 radical (unpaired) electrons. The minimum Gasteiger partial charge on any atom is -0.289 e. The number of carbonyl (C=O) groups excluding carboxylic acids is 1. The van der Waals surface area contributed by atoms with E-state index in [0.29, 0.717) is 11.1 Å². The summed E-state index contributed by atoms with van der Waals surface area (Å²) < 4.78 is 37.5. The van der Waals surface area contributed by atoms with Gasteiger partial charge in [0.05, 0.1) is 5.56 Å². The van der Waals surface area contributed by atoms with E-state index >= 15 is 0 Å². The third kappa shape index (κ3) is 3.54. The Hall–Kier alpha value is -2.88. The second kappa shape index (κ2) is 6.32. The van der Waals surface area contributed by atoms with Crippen molar-refractivity contribution in [1.29, 1.82) is 0 Å². The van der Waals surface area contributed by atoms with Gasteiger partial charge in [-0.05, 0) is 40.6 Å². The van der Waals surface area contributed by atoms with Crippen molar-refractivity contribution < 1.29 is 18.0 Å². The van der Waals surface area contributed by atoms with E-state index in [9.17, 15) is 18.0 Å². The SMILES string of the molecule is O=C(/C=C\c1ccc(C(F)(F)F)cc1)c1ccc2ccccc2c1. The molecule has 0 aliphatic rings. The van der Waals surface area contributed by atoms with Crippen LogP contribution in [0.15, 0.2) is 72.8 Å². The molecule has 120 valence electrons. The van der Waals surface area contributed by atoms with Crippen molar-refractivity contribution in [1.82, 2.24) is 0 Å². The van der Waals surface area contributed by atoms with E-state index in [0.717, 1.165) is 22.9 Å². The summed E-state index contributed by atoms with van der Waals surface area (Å²) in [5.41, 5.74) is 0.370. The third-order valence-corrected chi connectivity index (χ3v) is 3.70. The lowest BCUT2D eigenvalue weighted by molar-refractivity contribution is -0.137. The first-order valence-corrected chi connectivity index (χ1v) is 7.32. The number of rotatable bonds is 3. The lowest BCUT2D eigenvalue weighted by atomic mass is 10.0. The number of benzene rings is 3. The summed E-state index contributed by atoms with van der Waals surface area (Å²) in [4.78, 5) is 12.2. The number of allylic oxidation sites excluding steroid dienone is 1. The maximum Gasteiger partial charge on any atom is 0.416 e. The van der Waals surface area contributed by atoms with E-state index < -0.39 is 11.7 Å². The van der Waals surface area contributed by atoms with Gasteiger partial charge in [-0.3, -0.25) is 4.79 Å². The Kier molecular flexibility index (Phi) is 4.21. The smallest absolute Gasteiger partial charge is 0.289 e. The van der Waals surface area contributed by atoms with E-state index in [1.54, 1.807) is 12.1 Å². The molecule has 0 atom stereocenters. The van der Waals surface area contributed by atoms with Crippen molar-refractivity contribution in [2.24, 2.45) is 0 Å². The molecule has 1 nitrogen and oxygen atoms in total. The zero-order valence-corrected chi connectivity index (χ0v) is 12.5. The molecule has 0 aliphatic heterocycles. The molecular formula is C20H13F3O. The van der Waals surface area contributed by atoms with Crippen LogP contribution in [0.4, 0.5) is 13.2 Å². The quantitative estimate of drug-likeness (QED) is 0.442. The predicted molar refractivity (Wildman–Crippen MR) is 88.8 cm³/mol. The lowest BCUT2D eigenvalue weighted by Gasteiger charge is -2.05. The van der Waals surface area contributed by atoms with Crippen molar-refractivity contribution in [3.63, 3.8) is 0 Å². The number of ketones is 1. The number of halogens is 3. The Morgan fingerprint density at radius 2 is 1.50 bits per heavy atom. The fourth-order valence-corrected chi connectivity index (χ4v) is 2.39. The second-order valence-corrected chi connectivity index (χ2v) is 5.38. The largest absolute Gasteiger partial charge is 0.416 e. The van der Waals surface area contributed by atoms with Gasteiger partial charge < -0.3 is 0 Å². The fraction of sp³-hybridized carbons (Fsp3) is 0.0500. The minimum atomic E-state index is -4.36. The standard InChI is InChI=1S/C20H13F3O/c21-20(22,23)18-10-5-14(6-11-18)7-12-19(24)17-9-8-15-3-1-2-4-16(15)13-17/h1-13H/b12-7-. The number of hydrogen-bond acceptors (Lipinski definition) is 1. The van der Waals surface area contributed by atoms with E-state index in [1.165, 1.54) is 24.3 Å². The Labute approximate surface area is 137 Å². The summed E-state index contributed by atoms with van der Waals surface area (Å²) in [5, 5.41) is 2.01. The molecule has 3 rings (SSSR count).